The summed E-state index contributed by atoms with van der Waals surface area (Å²) in [5.74, 6) is 0.877. The van der Waals surface area contributed by atoms with E-state index in [4.69, 9.17) is 9.84 Å². The molecule has 0 saturated carbocycles. The van der Waals surface area contributed by atoms with Crippen molar-refractivity contribution in [2.75, 3.05) is 6.61 Å². The van der Waals surface area contributed by atoms with Gasteiger partial charge in [-0.3, -0.25) is 4.79 Å². The summed E-state index contributed by atoms with van der Waals surface area (Å²) in [5.41, 5.74) is 1.16. The fraction of sp³-hybridized carbons (Fsp3) is 0.462. The minimum atomic E-state index is -0.726. The summed E-state index contributed by atoms with van der Waals surface area (Å²) >= 11 is 0. The van der Waals surface area contributed by atoms with Gasteiger partial charge >= 0.3 is 5.97 Å². The molecule has 3 nitrogen and oxygen atoms in total. The number of hydrogen-bond acceptors (Lipinski definition) is 2. The Morgan fingerprint density at radius 2 is 2.25 bits per heavy atom. The van der Waals surface area contributed by atoms with E-state index in [2.05, 4.69) is 6.92 Å². The van der Waals surface area contributed by atoms with Crippen LogP contribution in [0.2, 0.25) is 0 Å². The Labute approximate surface area is 95.0 Å². The van der Waals surface area contributed by atoms with E-state index < -0.39 is 5.97 Å². The van der Waals surface area contributed by atoms with E-state index in [-0.39, 0.29) is 6.42 Å². The highest BCUT2D eigenvalue weighted by Crippen LogP contribution is 2.39. The average Bonchev–Trinajstić information content (AvgIpc) is 2.27. The molecule has 0 radical (unpaired) electrons. The molecule has 0 saturated heterocycles. The summed E-state index contributed by atoms with van der Waals surface area (Å²) in [4.78, 5) is 10.6. The van der Waals surface area contributed by atoms with E-state index in [1.54, 1.807) is 0 Å². The van der Waals surface area contributed by atoms with Crippen LogP contribution in [-0.2, 0) is 4.79 Å². The molecule has 1 aliphatic heterocycles. The fourth-order valence-corrected chi connectivity index (χ4v) is 2.28. The van der Waals surface area contributed by atoms with E-state index in [1.165, 1.54) is 0 Å². The number of benzene rings is 1. The molecule has 0 aromatic heterocycles. The summed E-state index contributed by atoms with van der Waals surface area (Å²) in [6, 6.07) is 7.92. The highest BCUT2D eigenvalue weighted by Gasteiger charge is 2.27. The van der Waals surface area contributed by atoms with Crippen molar-refractivity contribution in [3.8, 4) is 5.75 Å². The Bertz CT molecular complexity index is 387. The van der Waals surface area contributed by atoms with Gasteiger partial charge in [0.1, 0.15) is 5.75 Å². The number of hydrogen-bond donors (Lipinski definition) is 1. The number of ether oxygens (including phenoxy) is 1. The minimum absolute atomic E-state index is 0.226. The van der Waals surface area contributed by atoms with Gasteiger partial charge < -0.3 is 9.84 Å². The van der Waals surface area contributed by atoms with Crippen LogP contribution < -0.4 is 4.74 Å². The molecule has 0 fully saturated rings. The number of para-hydroxylation sites is 1. The molecule has 0 amide bonds. The molecule has 16 heavy (non-hydrogen) atoms. The standard InChI is InChI=1S/C13H16O3/c1-9-8-16-12-5-3-2-4-11(12)10(9)6-7-13(14)15/h2-5,9-10H,6-8H2,1H3,(H,14,15). The molecule has 1 N–H and O–H groups in total. The smallest absolute Gasteiger partial charge is 0.303 e. The van der Waals surface area contributed by atoms with Gasteiger partial charge in [0.15, 0.2) is 0 Å². The third kappa shape index (κ3) is 2.18. The van der Waals surface area contributed by atoms with Crippen LogP contribution in [0, 0.1) is 5.92 Å². The second-order valence-electron chi connectivity index (χ2n) is 4.37. The van der Waals surface area contributed by atoms with Crippen LogP contribution in [0.5, 0.6) is 5.75 Å². The van der Waals surface area contributed by atoms with Crippen LogP contribution in [0.25, 0.3) is 0 Å². The van der Waals surface area contributed by atoms with Crippen LogP contribution in [0.1, 0.15) is 31.2 Å². The Morgan fingerprint density at radius 1 is 1.50 bits per heavy atom. The predicted octanol–water partition coefficient (Wildman–Crippen LogP) is 2.66. The third-order valence-corrected chi connectivity index (χ3v) is 3.18. The Kier molecular flexibility index (Phi) is 3.13. The molecule has 2 unspecified atom stereocenters. The van der Waals surface area contributed by atoms with Gasteiger partial charge in [-0.2, -0.15) is 0 Å². The molecule has 1 heterocycles. The second kappa shape index (κ2) is 4.56. The van der Waals surface area contributed by atoms with Crippen LogP contribution >= 0.6 is 0 Å². The lowest BCUT2D eigenvalue weighted by Crippen LogP contribution is -2.24. The monoisotopic (exact) mass is 220 g/mol. The first-order valence-electron chi connectivity index (χ1n) is 5.62. The topological polar surface area (TPSA) is 46.5 Å². The van der Waals surface area contributed by atoms with E-state index in [0.29, 0.717) is 24.9 Å². The van der Waals surface area contributed by atoms with Crippen LogP contribution in [0.4, 0.5) is 0 Å². The Morgan fingerprint density at radius 3 is 3.00 bits per heavy atom. The quantitative estimate of drug-likeness (QED) is 0.851. The number of rotatable bonds is 3. The van der Waals surface area contributed by atoms with E-state index in [1.807, 2.05) is 24.3 Å². The summed E-state index contributed by atoms with van der Waals surface area (Å²) in [7, 11) is 0. The molecule has 0 aliphatic carbocycles. The van der Waals surface area contributed by atoms with Gasteiger partial charge in [-0.1, -0.05) is 25.1 Å². The van der Waals surface area contributed by atoms with Gasteiger partial charge in [0, 0.05) is 6.42 Å². The van der Waals surface area contributed by atoms with Crippen molar-refractivity contribution in [2.24, 2.45) is 5.92 Å². The van der Waals surface area contributed by atoms with Crippen molar-refractivity contribution in [1.82, 2.24) is 0 Å². The summed E-state index contributed by atoms with van der Waals surface area (Å²) < 4.78 is 5.63. The summed E-state index contributed by atoms with van der Waals surface area (Å²) in [6.45, 7) is 2.80. The lowest BCUT2D eigenvalue weighted by molar-refractivity contribution is -0.137. The van der Waals surface area contributed by atoms with Crippen molar-refractivity contribution < 1.29 is 14.6 Å². The maximum atomic E-state index is 10.6. The maximum Gasteiger partial charge on any atom is 0.303 e. The van der Waals surface area contributed by atoms with Gasteiger partial charge in [-0.25, -0.2) is 0 Å². The van der Waals surface area contributed by atoms with Gasteiger partial charge in [-0.05, 0) is 29.9 Å². The zero-order chi connectivity index (χ0) is 11.5. The van der Waals surface area contributed by atoms with Crippen LogP contribution in [0.3, 0.4) is 0 Å². The number of fused-ring (bicyclic) bond motifs is 1. The highest BCUT2D eigenvalue weighted by molar-refractivity contribution is 5.66. The van der Waals surface area contributed by atoms with Crippen molar-refractivity contribution in [3.63, 3.8) is 0 Å². The predicted molar refractivity (Wildman–Crippen MR) is 60.7 cm³/mol. The molecule has 1 aromatic rings. The number of carboxylic acid groups (broad SMARTS) is 1. The van der Waals surface area contributed by atoms with Crippen LogP contribution in [-0.4, -0.2) is 17.7 Å². The number of carbonyl (C=O) groups is 1. The van der Waals surface area contributed by atoms with Gasteiger partial charge in [-0.15, -0.1) is 0 Å². The molecule has 1 aromatic carbocycles. The molecule has 2 rings (SSSR count). The summed E-state index contributed by atoms with van der Waals surface area (Å²) in [5, 5.41) is 8.75. The molecular formula is C13H16O3. The van der Waals surface area contributed by atoms with E-state index in [9.17, 15) is 4.79 Å². The number of aliphatic carboxylic acids is 1. The fourth-order valence-electron chi connectivity index (χ4n) is 2.28. The minimum Gasteiger partial charge on any atom is -0.493 e. The molecular weight excluding hydrogens is 204 g/mol. The average molecular weight is 220 g/mol. The first-order valence-corrected chi connectivity index (χ1v) is 5.62. The first kappa shape index (κ1) is 11.0. The SMILES string of the molecule is CC1COc2ccccc2C1CCC(=O)O. The van der Waals surface area contributed by atoms with Crippen LogP contribution in [0.15, 0.2) is 24.3 Å². The first-order chi connectivity index (χ1) is 7.68. The Balaban J connectivity index is 2.19. The van der Waals surface area contributed by atoms with E-state index in [0.717, 1.165) is 11.3 Å². The largest absolute Gasteiger partial charge is 0.493 e. The van der Waals surface area contributed by atoms with E-state index >= 15 is 0 Å². The molecule has 3 heteroatoms. The Hall–Kier alpha value is -1.51. The normalized spacial score (nSPS) is 23.3. The number of carboxylic acids is 1. The molecule has 0 spiro atoms. The second-order valence-corrected chi connectivity index (χ2v) is 4.37. The molecule has 1 aliphatic rings. The third-order valence-electron chi connectivity index (χ3n) is 3.18. The zero-order valence-corrected chi connectivity index (χ0v) is 9.35. The maximum absolute atomic E-state index is 10.6. The molecule has 2 atom stereocenters. The summed E-state index contributed by atoms with van der Waals surface area (Å²) in [6.07, 6.45) is 0.917. The zero-order valence-electron chi connectivity index (χ0n) is 9.35. The van der Waals surface area contributed by atoms with Crippen molar-refractivity contribution in [3.05, 3.63) is 29.8 Å². The lowest BCUT2D eigenvalue weighted by atomic mass is 9.82. The van der Waals surface area contributed by atoms with Gasteiger partial charge in [0.2, 0.25) is 0 Å². The molecule has 0 bridgehead atoms. The van der Waals surface area contributed by atoms with Crippen molar-refractivity contribution in [2.45, 2.75) is 25.7 Å². The lowest BCUT2D eigenvalue weighted by Gasteiger charge is -2.31. The molecule has 86 valence electrons. The van der Waals surface area contributed by atoms with Gasteiger partial charge in [0.25, 0.3) is 0 Å². The highest BCUT2D eigenvalue weighted by atomic mass is 16.5. The van der Waals surface area contributed by atoms with Gasteiger partial charge in [0.05, 0.1) is 6.61 Å². The van der Waals surface area contributed by atoms with Crippen molar-refractivity contribution in [1.29, 1.82) is 0 Å². The van der Waals surface area contributed by atoms with Crippen molar-refractivity contribution >= 4 is 5.97 Å².